The molecule has 0 bridgehead atoms. The summed E-state index contributed by atoms with van der Waals surface area (Å²) in [5.74, 6) is 0. The van der Waals surface area contributed by atoms with Gasteiger partial charge in [0.05, 0.1) is 6.10 Å². The molecule has 0 aliphatic carbocycles. The van der Waals surface area contributed by atoms with Gasteiger partial charge in [-0.15, -0.1) is 0 Å². The minimum atomic E-state index is -0.365. The molecule has 1 aromatic rings. The van der Waals surface area contributed by atoms with Gasteiger partial charge in [0.25, 0.3) is 0 Å². The summed E-state index contributed by atoms with van der Waals surface area (Å²) < 4.78 is 1.21. The number of rotatable bonds is 3. The standard InChI is InChI=1S/C12H15IO/c1-9(2)7-11(14)8-10-5-3-4-6-12(10)13/h3-7,11,14H,8H2,1-2H3. The molecule has 0 amide bonds. The van der Waals surface area contributed by atoms with Crippen molar-refractivity contribution in [3.63, 3.8) is 0 Å². The first-order valence-corrected chi connectivity index (χ1v) is 5.74. The van der Waals surface area contributed by atoms with Crippen LogP contribution in [0.1, 0.15) is 19.4 Å². The fourth-order valence-electron chi connectivity index (χ4n) is 1.33. The Labute approximate surface area is 99.0 Å². The summed E-state index contributed by atoms with van der Waals surface area (Å²) in [5, 5.41) is 9.72. The fraction of sp³-hybridized carbons (Fsp3) is 0.333. The normalized spacial score (nSPS) is 12.3. The third-order valence-corrected chi connectivity index (χ3v) is 2.96. The van der Waals surface area contributed by atoms with Crippen LogP contribution in [0.3, 0.4) is 0 Å². The maximum absolute atomic E-state index is 9.72. The van der Waals surface area contributed by atoms with Crippen molar-refractivity contribution in [3.05, 3.63) is 45.0 Å². The number of benzene rings is 1. The fourth-order valence-corrected chi connectivity index (χ4v) is 1.94. The maximum Gasteiger partial charge on any atom is 0.0764 e. The van der Waals surface area contributed by atoms with Crippen molar-refractivity contribution in [2.45, 2.75) is 26.4 Å². The lowest BCUT2D eigenvalue weighted by Crippen LogP contribution is -2.08. The highest BCUT2D eigenvalue weighted by Gasteiger charge is 2.04. The van der Waals surface area contributed by atoms with Crippen molar-refractivity contribution in [1.82, 2.24) is 0 Å². The van der Waals surface area contributed by atoms with Gasteiger partial charge in [-0.1, -0.05) is 29.8 Å². The highest BCUT2D eigenvalue weighted by Crippen LogP contribution is 2.14. The van der Waals surface area contributed by atoms with Crippen LogP contribution in [0.15, 0.2) is 35.9 Å². The van der Waals surface area contributed by atoms with E-state index < -0.39 is 0 Å². The molecule has 0 spiro atoms. The Kier molecular flexibility index (Phi) is 4.62. The molecule has 0 saturated heterocycles. The van der Waals surface area contributed by atoms with Crippen molar-refractivity contribution in [2.24, 2.45) is 0 Å². The largest absolute Gasteiger partial charge is 0.389 e. The van der Waals surface area contributed by atoms with Crippen molar-refractivity contribution in [3.8, 4) is 0 Å². The van der Waals surface area contributed by atoms with Gasteiger partial charge in [0, 0.05) is 9.99 Å². The molecular formula is C12H15IO. The zero-order chi connectivity index (χ0) is 10.6. The van der Waals surface area contributed by atoms with Crippen LogP contribution in [0, 0.1) is 3.57 Å². The Bertz CT molecular complexity index is 327. The van der Waals surface area contributed by atoms with Gasteiger partial charge in [0.2, 0.25) is 0 Å². The van der Waals surface area contributed by atoms with E-state index in [1.165, 1.54) is 9.13 Å². The van der Waals surface area contributed by atoms with Crippen LogP contribution >= 0.6 is 22.6 Å². The molecule has 1 unspecified atom stereocenters. The van der Waals surface area contributed by atoms with Crippen molar-refractivity contribution >= 4 is 22.6 Å². The summed E-state index contributed by atoms with van der Waals surface area (Å²) in [6, 6.07) is 8.14. The molecule has 0 fully saturated rings. The van der Waals surface area contributed by atoms with E-state index in [0.29, 0.717) is 6.42 Å². The lowest BCUT2D eigenvalue weighted by molar-refractivity contribution is 0.223. The monoisotopic (exact) mass is 302 g/mol. The van der Waals surface area contributed by atoms with Gasteiger partial charge in [-0.2, -0.15) is 0 Å². The number of aliphatic hydroxyl groups is 1. The molecule has 0 aliphatic heterocycles. The number of halogens is 1. The topological polar surface area (TPSA) is 20.2 Å². The lowest BCUT2D eigenvalue weighted by Gasteiger charge is -2.08. The molecular weight excluding hydrogens is 287 g/mol. The Morgan fingerprint density at radius 1 is 1.43 bits per heavy atom. The second-order valence-corrected chi connectivity index (χ2v) is 4.77. The van der Waals surface area contributed by atoms with E-state index >= 15 is 0 Å². The molecule has 14 heavy (non-hydrogen) atoms. The van der Waals surface area contributed by atoms with Crippen LogP contribution in [0.4, 0.5) is 0 Å². The molecule has 2 heteroatoms. The summed E-state index contributed by atoms with van der Waals surface area (Å²) in [5.41, 5.74) is 2.36. The minimum Gasteiger partial charge on any atom is -0.389 e. The summed E-state index contributed by atoms with van der Waals surface area (Å²) in [6.45, 7) is 4.00. The van der Waals surface area contributed by atoms with E-state index in [4.69, 9.17) is 0 Å². The average Bonchev–Trinajstić information content (AvgIpc) is 2.07. The van der Waals surface area contributed by atoms with E-state index in [1.54, 1.807) is 0 Å². The van der Waals surface area contributed by atoms with Crippen LogP contribution in [0.25, 0.3) is 0 Å². The van der Waals surface area contributed by atoms with E-state index in [0.717, 1.165) is 5.57 Å². The summed E-state index contributed by atoms with van der Waals surface area (Å²) in [7, 11) is 0. The highest BCUT2D eigenvalue weighted by atomic mass is 127. The van der Waals surface area contributed by atoms with Crippen LogP contribution in [-0.4, -0.2) is 11.2 Å². The number of hydrogen-bond acceptors (Lipinski definition) is 1. The molecule has 0 radical (unpaired) electrons. The Hall–Kier alpha value is -0.350. The first kappa shape index (κ1) is 11.7. The highest BCUT2D eigenvalue weighted by molar-refractivity contribution is 14.1. The van der Waals surface area contributed by atoms with Crippen LogP contribution in [0.2, 0.25) is 0 Å². The van der Waals surface area contributed by atoms with E-state index in [1.807, 2.05) is 32.1 Å². The Morgan fingerprint density at radius 2 is 2.07 bits per heavy atom. The van der Waals surface area contributed by atoms with E-state index in [-0.39, 0.29) is 6.10 Å². The quantitative estimate of drug-likeness (QED) is 0.672. The average molecular weight is 302 g/mol. The summed E-state index contributed by atoms with van der Waals surface area (Å²) >= 11 is 2.30. The third kappa shape index (κ3) is 3.80. The Balaban J connectivity index is 2.70. The van der Waals surface area contributed by atoms with Gasteiger partial charge in [-0.3, -0.25) is 0 Å². The van der Waals surface area contributed by atoms with Gasteiger partial charge in [-0.05, 0) is 48.1 Å². The number of hydrogen-bond donors (Lipinski definition) is 1. The van der Waals surface area contributed by atoms with Gasteiger partial charge in [-0.25, -0.2) is 0 Å². The summed E-state index contributed by atoms with van der Waals surface area (Å²) in [6.07, 6.45) is 2.23. The van der Waals surface area contributed by atoms with Crippen molar-refractivity contribution in [2.75, 3.05) is 0 Å². The number of aliphatic hydroxyl groups excluding tert-OH is 1. The van der Waals surface area contributed by atoms with Gasteiger partial charge in [0.15, 0.2) is 0 Å². The predicted molar refractivity (Wildman–Crippen MR) is 68.3 cm³/mol. The molecule has 0 saturated carbocycles. The van der Waals surface area contributed by atoms with Gasteiger partial charge >= 0.3 is 0 Å². The maximum atomic E-state index is 9.72. The molecule has 1 aromatic carbocycles. The molecule has 76 valence electrons. The van der Waals surface area contributed by atoms with Gasteiger partial charge < -0.3 is 5.11 Å². The minimum absolute atomic E-state index is 0.365. The SMILES string of the molecule is CC(C)=CC(O)Cc1ccccc1I. The van der Waals surface area contributed by atoms with Crippen molar-refractivity contribution < 1.29 is 5.11 Å². The third-order valence-electron chi connectivity index (χ3n) is 1.91. The lowest BCUT2D eigenvalue weighted by atomic mass is 10.1. The first-order chi connectivity index (χ1) is 6.59. The molecule has 1 nitrogen and oxygen atoms in total. The second kappa shape index (κ2) is 5.51. The number of allylic oxidation sites excluding steroid dienone is 1. The second-order valence-electron chi connectivity index (χ2n) is 3.61. The first-order valence-electron chi connectivity index (χ1n) is 4.66. The molecule has 1 N–H and O–H groups in total. The van der Waals surface area contributed by atoms with Crippen LogP contribution in [0.5, 0.6) is 0 Å². The van der Waals surface area contributed by atoms with E-state index in [9.17, 15) is 5.11 Å². The summed E-state index contributed by atoms with van der Waals surface area (Å²) in [4.78, 5) is 0. The molecule has 0 aliphatic rings. The smallest absolute Gasteiger partial charge is 0.0764 e. The molecule has 1 atom stereocenters. The predicted octanol–water partition coefficient (Wildman–Crippen LogP) is 3.16. The molecule has 1 rings (SSSR count). The zero-order valence-electron chi connectivity index (χ0n) is 8.50. The van der Waals surface area contributed by atoms with Crippen molar-refractivity contribution in [1.29, 1.82) is 0 Å². The van der Waals surface area contributed by atoms with E-state index in [2.05, 4.69) is 34.7 Å². The molecule has 0 aromatic heterocycles. The van der Waals surface area contributed by atoms with Crippen LogP contribution in [-0.2, 0) is 6.42 Å². The zero-order valence-corrected chi connectivity index (χ0v) is 10.7. The van der Waals surface area contributed by atoms with Gasteiger partial charge in [0.1, 0.15) is 0 Å². The molecule has 0 heterocycles. The Morgan fingerprint density at radius 3 is 2.64 bits per heavy atom. The van der Waals surface area contributed by atoms with Crippen LogP contribution < -0.4 is 0 Å².